The van der Waals surface area contributed by atoms with Crippen LogP contribution in [0.25, 0.3) is 10.8 Å². The molecule has 1 saturated carbocycles. The van der Waals surface area contributed by atoms with E-state index in [4.69, 9.17) is 5.73 Å². The molecule has 1 fully saturated rings. The molecule has 1 heterocycles. The lowest BCUT2D eigenvalue weighted by atomic mass is 9.83. The number of nitrogens with one attached hydrogen (secondary N) is 1. The van der Waals surface area contributed by atoms with Gasteiger partial charge in [0.05, 0.1) is 0 Å². The van der Waals surface area contributed by atoms with Gasteiger partial charge in [0.1, 0.15) is 0 Å². The highest BCUT2D eigenvalue weighted by Crippen LogP contribution is 2.30. The summed E-state index contributed by atoms with van der Waals surface area (Å²) in [6.07, 6.45) is 9.13. The maximum atomic E-state index is 6.02. The zero-order valence-electron chi connectivity index (χ0n) is 12.1. The number of fused-ring (bicyclic) bond motifs is 1. The van der Waals surface area contributed by atoms with Crippen LogP contribution >= 0.6 is 0 Å². The first-order chi connectivity index (χ1) is 9.74. The Morgan fingerprint density at radius 3 is 2.75 bits per heavy atom. The Balaban J connectivity index is 1.73. The van der Waals surface area contributed by atoms with E-state index in [2.05, 4.69) is 23.3 Å². The Hall–Kier alpha value is -1.77. The summed E-state index contributed by atoms with van der Waals surface area (Å²) in [5, 5.41) is 5.81. The van der Waals surface area contributed by atoms with Crippen LogP contribution in [0.5, 0.6) is 0 Å². The first kappa shape index (κ1) is 13.2. The summed E-state index contributed by atoms with van der Waals surface area (Å²) in [6, 6.07) is 6.04. The number of rotatable bonds is 3. The number of nitrogen functional groups attached to an aromatic ring is 1. The highest BCUT2D eigenvalue weighted by Gasteiger charge is 2.18. The molecule has 3 rings (SSSR count). The lowest BCUT2D eigenvalue weighted by Gasteiger charge is -2.26. The standard InChI is InChI=1S/C17H23N3/c1-12-2-4-13(5-3-12)10-20-17-7-6-16(18)14-8-9-19-11-15(14)17/h6-9,11-13,20H,2-5,10,18H2,1H3. The number of hydrogen-bond acceptors (Lipinski definition) is 3. The minimum Gasteiger partial charge on any atom is -0.398 e. The van der Waals surface area contributed by atoms with Crippen LogP contribution < -0.4 is 11.1 Å². The minimum atomic E-state index is 0.801. The van der Waals surface area contributed by atoms with Crippen molar-refractivity contribution in [2.75, 3.05) is 17.6 Å². The van der Waals surface area contributed by atoms with Gasteiger partial charge in [0.25, 0.3) is 0 Å². The highest BCUT2D eigenvalue weighted by molar-refractivity contribution is 6.00. The van der Waals surface area contributed by atoms with Gasteiger partial charge < -0.3 is 11.1 Å². The summed E-state index contributed by atoms with van der Waals surface area (Å²) in [5.74, 6) is 1.71. The second kappa shape index (κ2) is 5.70. The molecule has 1 aliphatic carbocycles. The zero-order valence-corrected chi connectivity index (χ0v) is 12.1. The second-order valence-electron chi connectivity index (χ2n) is 6.13. The Bertz CT molecular complexity index is 586. The number of nitrogens with two attached hydrogens (primary N) is 1. The number of anilines is 2. The average Bonchev–Trinajstić information content (AvgIpc) is 2.49. The van der Waals surface area contributed by atoms with E-state index in [1.807, 2.05) is 18.3 Å². The lowest BCUT2D eigenvalue weighted by molar-refractivity contribution is 0.300. The van der Waals surface area contributed by atoms with Crippen LogP contribution in [0.3, 0.4) is 0 Å². The van der Waals surface area contributed by atoms with Crippen LogP contribution in [-0.2, 0) is 0 Å². The lowest BCUT2D eigenvalue weighted by Crippen LogP contribution is -2.20. The minimum absolute atomic E-state index is 0.801. The third-order valence-corrected chi connectivity index (χ3v) is 4.57. The largest absolute Gasteiger partial charge is 0.398 e. The van der Waals surface area contributed by atoms with Gasteiger partial charge in [0.15, 0.2) is 0 Å². The molecule has 0 bridgehead atoms. The molecule has 0 aliphatic heterocycles. The van der Waals surface area contributed by atoms with Crippen molar-refractivity contribution in [3.8, 4) is 0 Å². The molecule has 0 unspecified atom stereocenters. The zero-order chi connectivity index (χ0) is 13.9. The third-order valence-electron chi connectivity index (χ3n) is 4.57. The molecule has 0 radical (unpaired) electrons. The van der Waals surface area contributed by atoms with Gasteiger partial charge in [-0.25, -0.2) is 0 Å². The molecular formula is C17H23N3. The first-order valence-corrected chi connectivity index (χ1v) is 7.60. The molecule has 0 spiro atoms. The van der Waals surface area contributed by atoms with E-state index < -0.39 is 0 Å². The van der Waals surface area contributed by atoms with Crippen LogP contribution in [0.1, 0.15) is 32.6 Å². The van der Waals surface area contributed by atoms with Crippen LogP contribution in [0.15, 0.2) is 30.6 Å². The first-order valence-electron chi connectivity index (χ1n) is 7.60. The molecule has 0 saturated heterocycles. The van der Waals surface area contributed by atoms with E-state index in [1.165, 1.54) is 25.7 Å². The topological polar surface area (TPSA) is 50.9 Å². The van der Waals surface area contributed by atoms with E-state index >= 15 is 0 Å². The van der Waals surface area contributed by atoms with Crippen LogP contribution in [0, 0.1) is 11.8 Å². The van der Waals surface area contributed by atoms with Crippen LogP contribution in [0.4, 0.5) is 11.4 Å². The maximum Gasteiger partial charge on any atom is 0.0437 e. The molecule has 106 valence electrons. The van der Waals surface area contributed by atoms with Crippen molar-refractivity contribution in [2.24, 2.45) is 11.8 Å². The predicted octanol–water partition coefficient (Wildman–Crippen LogP) is 4.06. The van der Waals surface area contributed by atoms with E-state index in [9.17, 15) is 0 Å². The summed E-state index contributed by atoms with van der Waals surface area (Å²) in [7, 11) is 0. The van der Waals surface area contributed by atoms with Gasteiger partial charge in [-0.2, -0.15) is 0 Å². The number of nitrogens with zero attached hydrogens (tertiary/aromatic N) is 1. The predicted molar refractivity (Wildman–Crippen MR) is 85.8 cm³/mol. The fraction of sp³-hybridized carbons (Fsp3) is 0.471. The Morgan fingerprint density at radius 2 is 1.95 bits per heavy atom. The average molecular weight is 269 g/mol. The molecule has 1 aliphatic rings. The molecule has 3 nitrogen and oxygen atoms in total. The summed E-state index contributed by atoms with van der Waals surface area (Å²) >= 11 is 0. The SMILES string of the molecule is CC1CCC(CNc2ccc(N)c3ccncc23)CC1. The van der Waals surface area contributed by atoms with Crippen molar-refractivity contribution in [3.63, 3.8) is 0 Å². The molecule has 3 heteroatoms. The molecule has 0 amide bonds. The molecule has 1 aromatic carbocycles. The number of hydrogen-bond donors (Lipinski definition) is 2. The third kappa shape index (κ3) is 2.72. The van der Waals surface area contributed by atoms with Crippen LogP contribution in [0.2, 0.25) is 0 Å². The van der Waals surface area contributed by atoms with Gasteiger partial charge >= 0.3 is 0 Å². The molecule has 20 heavy (non-hydrogen) atoms. The van der Waals surface area contributed by atoms with Crippen molar-refractivity contribution in [3.05, 3.63) is 30.6 Å². The van der Waals surface area contributed by atoms with E-state index in [1.54, 1.807) is 6.20 Å². The Morgan fingerprint density at radius 1 is 1.15 bits per heavy atom. The molecule has 3 N–H and O–H groups in total. The summed E-state index contributed by atoms with van der Waals surface area (Å²) in [6.45, 7) is 3.42. The highest BCUT2D eigenvalue weighted by atomic mass is 14.9. The van der Waals surface area contributed by atoms with Crippen molar-refractivity contribution in [1.29, 1.82) is 0 Å². The molecule has 0 atom stereocenters. The summed E-state index contributed by atoms with van der Waals surface area (Å²) < 4.78 is 0. The number of pyridine rings is 1. The fourth-order valence-corrected chi connectivity index (χ4v) is 3.16. The maximum absolute atomic E-state index is 6.02. The van der Waals surface area contributed by atoms with Gasteiger partial charge in [-0.05, 0) is 42.9 Å². The smallest absolute Gasteiger partial charge is 0.0437 e. The van der Waals surface area contributed by atoms with E-state index in [0.717, 1.165) is 40.5 Å². The summed E-state index contributed by atoms with van der Waals surface area (Å²) in [5.41, 5.74) is 8.00. The van der Waals surface area contributed by atoms with Crippen molar-refractivity contribution >= 4 is 22.1 Å². The fourth-order valence-electron chi connectivity index (χ4n) is 3.16. The number of benzene rings is 1. The van der Waals surface area contributed by atoms with Crippen LogP contribution in [-0.4, -0.2) is 11.5 Å². The van der Waals surface area contributed by atoms with Crippen molar-refractivity contribution < 1.29 is 0 Å². The molecule has 2 aromatic rings. The molecule has 1 aromatic heterocycles. The van der Waals surface area contributed by atoms with E-state index in [0.29, 0.717) is 0 Å². The van der Waals surface area contributed by atoms with E-state index in [-0.39, 0.29) is 0 Å². The van der Waals surface area contributed by atoms with Gasteiger partial charge in [-0.1, -0.05) is 19.8 Å². The summed E-state index contributed by atoms with van der Waals surface area (Å²) in [4.78, 5) is 4.22. The Kier molecular flexibility index (Phi) is 3.77. The van der Waals surface area contributed by atoms with Gasteiger partial charge in [0.2, 0.25) is 0 Å². The Labute approximate surface area is 120 Å². The van der Waals surface area contributed by atoms with Crippen molar-refractivity contribution in [1.82, 2.24) is 4.98 Å². The van der Waals surface area contributed by atoms with Crippen molar-refractivity contribution in [2.45, 2.75) is 32.6 Å². The quantitative estimate of drug-likeness (QED) is 0.826. The normalized spacial score (nSPS) is 22.9. The monoisotopic (exact) mass is 269 g/mol. The van der Waals surface area contributed by atoms with Gasteiger partial charge in [-0.15, -0.1) is 0 Å². The second-order valence-corrected chi connectivity index (χ2v) is 6.13. The van der Waals surface area contributed by atoms with Gasteiger partial charge in [0, 0.05) is 41.1 Å². The molecular weight excluding hydrogens is 246 g/mol. The van der Waals surface area contributed by atoms with Gasteiger partial charge in [-0.3, -0.25) is 4.98 Å². The number of aromatic nitrogens is 1.